The number of ether oxygens (including phenoxy) is 1. The Bertz CT molecular complexity index is 797. The molecule has 1 saturated carbocycles. The van der Waals surface area contributed by atoms with Gasteiger partial charge in [0.05, 0.1) is 12.2 Å². The molecule has 1 aromatic carbocycles. The molecule has 1 aromatic heterocycles. The van der Waals surface area contributed by atoms with Gasteiger partial charge in [-0.15, -0.1) is 0 Å². The summed E-state index contributed by atoms with van der Waals surface area (Å²) in [4.78, 5) is 15.9. The lowest BCUT2D eigenvalue weighted by atomic mass is 10.2. The molecule has 3 rings (SSSR count). The van der Waals surface area contributed by atoms with Gasteiger partial charge in [0.1, 0.15) is 5.75 Å². The molecule has 8 nitrogen and oxygen atoms in total. The van der Waals surface area contributed by atoms with Gasteiger partial charge in [-0.2, -0.15) is 5.10 Å². The van der Waals surface area contributed by atoms with Crippen LogP contribution in [0.5, 0.6) is 5.75 Å². The third-order valence-corrected chi connectivity index (χ3v) is 4.25. The average molecular weight is 370 g/mol. The van der Waals surface area contributed by atoms with E-state index in [0.29, 0.717) is 30.8 Å². The minimum Gasteiger partial charge on any atom is -0.484 e. The molecule has 0 spiro atoms. The number of carbonyl (C=O) groups is 1. The molecule has 27 heavy (non-hydrogen) atoms. The predicted molar refractivity (Wildman–Crippen MR) is 103 cm³/mol. The molecule has 1 aliphatic rings. The maximum absolute atomic E-state index is 11.7. The third-order valence-electron chi connectivity index (χ3n) is 4.25. The van der Waals surface area contributed by atoms with E-state index in [-0.39, 0.29) is 12.5 Å². The number of hydrogen-bond acceptors (Lipinski definition) is 4. The van der Waals surface area contributed by atoms with Crippen molar-refractivity contribution in [2.45, 2.75) is 32.0 Å². The second-order valence-electron chi connectivity index (χ2n) is 6.50. The van der Waals surface area contributed by atoms with Crippen LogP contribution in [0.1, 0.15) is 24.1 Å². The fourth-order valence-electron chi connectivity index (χ4n) is 2.55. The normalized spacial score (nSPS) is 13.9. The fourth-order valence-corrected chi connectivity index (χ4v) is 2.55. The zero-order valence-electron chi connectivity index (χ0n) is 15.7. The van der Waals surface area contributed by atoms with E-state index in [2.05, 4.69) is 26.0 Å². The van der Waals surface area contributed by atoms with Crippen LogP contribution in [0.2, 0.25) is 0 Å². The Balaban J connectivity index is 1.45. The molecule has 0 bridgehead atoms. The van der Waals surface area contributed by atoms with Gasteiger partial charge in [-0.05, 0) is 36.6 Å². The Hall–Kier alpha value is -3.03. The van der Waals surface area contributed by atoms with E-state index in [1.165, 1.54) is 0 Å². The number of carbonyl (C=O) groups excluding carboxylic acids is 1. The highest BCUT2D eigenvalue weighted by Gasteiger charge is 2.23. The van der Waals surface area contributed by atoms with Crippen molar-refractivity contribution in [2.75, 3.05) is 13.7 Å². The summed E-state index contributed by atoms with van der Waals surface area (Å²) >= 11 is 0. The van der Waals surface area contributed by atoms with Crippen molar-refractivity contribution in [1.29, 1.82) is 0 Å². The van der Waals surface area contributed by atoms with Gasteiger partial charge >= 0.3 is 0 Å². The Morgan fingerprint density at radius 1 is 1.30 bits per heavy atom. The summed E-state index contributed by atoms with van der Waals surface area (Å²) in [7, 11) is 3.64. The molecule has 0 atom stereocenters. The number of rotatable bonds is 8. The van der Waals surface area contributed by atoms with Crippen molar-refractivity contribution in [3.8, 4) is 5.75 Å². The second-order valence-corrected chi connectivity index (χ2v) is 6.50. The summed E-state index contributed by atoms with van der Waals surface area (Å²) in [5.41, 5.74) is 2.11. The summed E-state index contributed by atoms with van der Waals surface area (Å²) < 4.78 is 7.40. The number of benzene rings is 1. The zero-order chi connectivity index (χ0) is 19.1. The Kier molecular flexibility index (Phi) is 6.30. The largest absolute Gasteiger partial charge is 0.484 e. The van der Waals surface area contributed by atoms with Crippen molar-refractivity contribution in [1.82, 2.24) is 25.7 Å². The standard InChI is InChI=1S/C19H26N6O2/c1-20-19(22-12-16-8-9-23-25(16)2)21-11-14-4-3-5-17(10-14)27-13-18(26)24-15-6-7-15/h3-5,8-10,15H,6-7,11-13H2,1-2H3,(H,24,26)(H2,20,21,22). The molecule has 0 aliphatic heterocycles. The molecule has 3 N–H and O–H groups in total. The van der Waals surface area contributed by atoms with E-state index in [4.69, 9.17) is 4.74 Å². The minimum absolute atomic E-state index is 0.0430. The van der Waals surface area contributed by atoms with E-state index in [1.807, 2.05) is 42.1 Å². The van der Waals surface area contributed by atoms with E-state index in [1.54, 1.807) is 13.2 Å². The van der Waals surface area contributed by atoms with Gasteiger partial charge in [0.15, 0.2) is 12.6 Å². The lowest BCUT2D eigenvalue weighted by molar-refractivity contribution is -0.123. The molecular formula is C19H26N6O2. The van der Waals surface area contributed by atoms with Gasteiger partial charge in [-0.3, -0.25) is 14.5 Å². The number of aliphatic imine (C=N–C) groups is 1. The smallest absolute Gasteiger partial charge is 0.258 e. The van der Waals surface area contributed by atoms with E-state index >= 15 is 0 Å². The van der Waals surface area contributed by atoms with Crippen LogP contribution in [-0.2, 0) is 24.9 Å². The molecule has 2 aromatic rings. The Morgan fingerprint density at radius 2 is 2.11 bits per heavy atom. The maximum Gasteiger partial charge on any atom is 0.258 e. The van der Waals surface area contributed by atoms with Gasteiger partial charge in [0.25, 0.3) is 5.91 Å². The first kappa shape index (κ1) is 18.8. The fraction of sp³-hybridized carbons (Fsp3) is 0.421. The lowest BCUT2D eigenvalue weighted by Gasteiger charge is -2.13. The van der Waals surface area contributed by atoms with Gasteiger partial charge in [0.2, 0.25) is 0 Å². The number of aryl methyl sites for hydroxylation is 1. The molecule has 0 saturated heterocycles. The molecular weight excluding hydrogens is 344 g/mol. The van der Waals surface area contributed by atoms with E-state index < -0.39 is 0 Å². The van der Waals surface area contributed by atoms with Crippen molar-refractivity contribution < 1.29 is 9.53 Å². The highest BCUT2D eigenvalue weighted by atomic mass is 16.5. The Morgan fingerprint density at radius 3 is 2.81 bits per heavy atom. The number of guanidine groups is 1. The molecule has 8 heteroatoms. The molecule has 0 unspecified atom stereocenters. The van der Waals surface area contributed by atoms with Gasteiger partial charge in [0, 0.05) is 32.9 Å². The average Bonchev–Trinajstić information content (AvgIpc) is 3.39. The lowest BCUT2D eigenvalue weighted by Crippen LogP contribution is -2.36. The van der Waals surface area contributed by atoms with Crippen molar-refractivity contribution >= 4 is 11.9 Å². The van der Waals surface area contributed by atoms with Gasteiger partial charge in [-0.25, -0.2) is 0 Å². The number of amides is 1. The third kappa shape index (κ3) is 6.02. The zero-order valence-corrected chi connectivity index (χ0v) is 15.7. The van der Waals surface area contributed by atoms with Crippen molar-refractivity contribution in [2.24, 2.45) is 12.0 Å². The van der Waals surface area contributed by atoms with Gasteiger partial charge in [-0.1, -0.05) is 12.1 Å². The number of hydrogen-bond donors (Lipinski definition) is 3. The van der Waals surface area contributed by atoms with Crippen LogP contribution in [-0.4, -0.2) is 41.3 Å². The van der Waals surface area contributed by atoms with Crippen LogP contribution in [0.25, 0.3) is 0 Å². The quantitative estimate of drug-likeness (QED) is 0.475. The predicted octanol–water partition coefficient (Wildman–Crippen LogP) is 0.943. The molecule has 1 heterocycles. The van der Waals surface area contributed by atoms with E-state index in [0.717, 1.165) is 24.1 Å². The number of aromatic nitrogens is 2. The summed E-state index contributed by atoms with van der Waals surface area (Å²) in [6, 6.07) is 9.99. The minimum atomic E-state index is -0.0687. The van der Waals surface area contributed by atoms with Crippen LogP contribution in [0.4, 0.5) is 0 Å². The highest BCUT2D eigenvalue weighted by molar-refractivity contribution is 5.79. The summed E-state index contributed by atoms with van der Waals surface area (Å²) in [5.74, 6) is 1.31. The highest BCUT2D eigenvalue weighted by Crippen LogP contribution is 2.18. The second kappa shape index (κ2) is 9.07. The van der Waals surface area contributed by atoms with Gasteiger partial charge < -0.3 is 20.7 Å². The van der Waals surface area contributed by atoms with Crippen LogP contribution < -0.4 is 20.7 Å². The molecule has 1 amide bonds. The van der Waals surface area contributed by atoms with E-state index in [9.17, 15) is 4.79 Å². The summed E-state index contributed by atoms with van der Waals surface area (Å²) in [5, 5.41) is 13.6. The number of nitrogens with zero attached hydrogens (tertiary/aromatic N) is 3. The first-order valence-electron chi connectivity index (χ1n) is 9.06. The van der Waals surface area contributed by atoms with Crippen molar-refractivity contribution in [3.05, 3.63) is 47.8 Å². The topological polar surface area (TPSA) is 92.6 Å². The first-order valence-corrected chi connectivity index (χ1v) is 9.06. The maximum atomic E-state index is 11.7. The first-order chi connectivity index (χ1) is 13.1. The van der Waals surface area contributed by atoms with Crippen molar-refractivity contribution in [3.63, 3.8) is 0 Å². The molecule has 0 radical (unpaired) electrons. The molecule has 1 fully saturated rings. The Labute approximate surface area is 159 Å². The van der Waals surface area contributed by atoms with Crippen LogP contribution in [0.15, 0.2) is 41.5 Å². The molecule has 144 valence electrons. The van der Waals surface area contributed by atoms with Crippen LogP contribution in [0.3, 0.4) is 0 Å². The number of nitrogens with one attached hydrogen (secondary N) is 3. The monoisotopic (exact) mass is 370 g/mol. The summed E-state index contributed by atoms with van der Waals surface area (Å²) in [6.45, 7) is 1.27. The van der Waals surface area contributed by atoms with Crippen LogP contribution >= 0.6 is 0 Å². The summed E-state index contributed by atoms with van der Waals surface area (Å²) in [6.07, 6.45) is 3.91. The van der Waals surface area contributed by atoms with Crippen LogP contribution in [0, 0.1) is 0 Å². The molecule has 1 aliphatic carbocycles. The SMILES string of the molecule is CN=C(NCc1cccc(OCC(=O)NC2CC2)c1)NCc1ccnn1C.